The average molecular weight is 261 g/mol. The molecule has 0 aromatic heterocycles. The highest BCUT2D eigenvalue weighted by Gasteiger charge is 2.17. The summed E-state index contributed by atoms with van der Waals surface area (Å²) in [6.45, 7) is 1.48. The van der Waals surface area contributed by atoms with Gasteiger partial charge in [0.05, 0.1) is 6.54 Å². The van der Waals surface area contributed by atoms with E-state index in [0.717, 1.165) is 12.5 Å². The van der Waals surface area contributed by atoms with Gasteiger partial charge in [-0.2, -0.15) is 0 Å². The predicted molar refractivity (Wildman–Crippen MR) is 76.5 cm³/mol. The number of Topliss-reactive ketones (excluding diaryl/α,β-unsaturated/α-hetero) is 1. The SMILES string of the molecule is CN(CC(=O)c1ccc(O)cc1)CC1CCCCC1. The molecule has 3 heteroatoms. The number of phenols is 1. The zero-order valence-electron chi connectivity index (χ0n) is 11.6. The second-order valence-electron chi connectivity index (χ2n) is 5.67. The van der Waals surface area contributed by atoms with E-state index < -0.39 is 0 Å². The zero-order valence-corrected chi connectivity index (χ0v) is 11.6. The van der Waals surface area contributed by atoms with Gasteiger partial charge in [-0.25, -0.2) is 0 Å². The fourth-order valence-corrected chi connectivity index (χ4v) is 2.86. The molecule has 1 aliphatic rings. The summed E-state index contributed by atoms with van der Waals surface area (Å²) in [4.78, 5) is 14.2. The summed E-state index contributed by atoms with van der Waals surface area (Å²) >= 11 is 0. The van der Waals surface area contributed by atoms with Gasteiger partial charge in [0.15, 0.2) is 5.78 Å². The molecule has 0 bridgehead atoms. The molecular formula is C16H23NO2. The lowest BCUT2D eigenvalue weighted by Crippen LogP contribution is -2.31. The second-order valence-corrected chi connectivity index (χ2v) is 5.67. The molecule has 0 radical (unpaired) electrons. The highest BCUT2D eigenvalue weighted by molar-refractivity contribution is 5.97. The van der Waals surface area contributed by atoms with Crippen molar-refractivity contribution in [1.29, 1.82) is 0 Å². The predicted octanol–water partition coefficient (Wildman–Crippen LogP) is 3.09. The molecule has 3 nitrogen and oxygen atoms in total. The minimum Gasteiger partial charge on any atom is -0.508 e. The Kier molecular flexibility index (Phi) is 4.97. The van der Waals surface area contributed by atoms with Gasteiger partial charge in [0, 0.05) is 12.1 Å². The molecule has 1 N–H and O–H groups in total. The standard InChI is InChI=1S/C16H23NO2/c1-17(11-13-5-3-2-4-6-13)12-16(19)14-7-9-15(18)10-8-14/h7-10,13,18H,2-6,11-12H2,1H3. The Bertz CT molecular complexity index is 407. The molecule has 1 fully saturated rings. The third kappa shape index (κ3) is 4.35. The van der Waals surface area contributed by atoms with Crippen molar-refractivity contribution in [2.75, 3.05) is 20.1 Å². The maximum absolute atomic E-state index is 12.1. The number of benzene rings is 1. The van der Waals surface area contributed by atoms with Crippen molar-refractivity contribution in [3.63, 3.8) is 0 Å². The lowest BCUT2D eigenvalue weighted by molar-refractivity contribution is 0.0932. The van der Waals surface area contributed by atoms with E-state index in [-0.39, 0.29) is 11.5 Å². The first-order chi connectivity index (χ1) is 9.15. The number of rotatable bonds is 5. The third-order valence-electron chi connectivity index (χ3n) is 3.90. The van der Waals surface area contributed by atoms with Crippen LogP contribution in [0.4, 0.5) is 0 Å². The van der Waals surface area contributed by atoms with Crippen LogP contribution in [0, 0.1) is 5.92 Å². The Balaban J connectivity index is 1.82. The first-order valence-corrected chi connectivity index (χ1v) is 7.16. The van der Waals surface area contributed by atoms with Crippen molar-refractivity contribution in [3.8, 4) is 5.75 Å². The number of carbonyl (C=O) groups excluding carboxylic acids is 1. The minimum atomic E-state index is 0.123. The summed E-state index contributed by atoms with van der Waals surface area (Å²) in [6.07, 6.45) is 6.65. The number of ketones is 1. The number of carbonyl (C=O) groups is 1. The smallest absolute Gasteiger partial charge is 0.176 e. The second kappa shape index (κ2) is 6.71. The van der Waals surface area contributed by atoms with Gasteiger partial charge in [0.25, 0.3) is 0 Å². The van der Waals surface area contributed by atoms with Gasteiger partial charge in [0.2, 0.25) is 0 Å². The summed E-state index contributed by atoms with van der Waals surface area (Å²) in [7, 11) is 2.02. The molecule has 0 aliphatic heterocycles. The molecule has 1 saturated carbocycles. The van der Waals surface area contributed by atoms with Gasteiger partial charge in [0.1, 0.15) is 5.75 Å². The summed E-state index contributed by atoms with van der Waals surface area (Å²) in [5.74, 6) is 1.08. The fraction of sp³-hybridized carbons (Fsp3) is 0.562. The fourth-order valence-electron chi connectivity index (χ4n) is 2.86. The summed E-state index contributed by atoms with van der Waals surface area (Å²) in [5, 5.41) is 9.21. The number of nitrogens with zero attached hydrogens (tertiary/aromatic N) is 1. The Morgan fingerprint density at radius 1 is 1.21 bits per heavy atom. The van der Waals surface area contributed by atoms with Gasteiger partial charge in [-0.1, -0.05) is 19.3 Å². The lowest BCUT2D eigenvalue weighted by Gasteiger charge is -2.26. The van der Waals surface area contributed by atoms with E-state index in [1.807, 2.05) is 7.05 Å². The monoisotopic (exact) mass is 261 g/mol. The van der Waals surface area contributed by atoms with Crippen LogP contribution in [0.1, 0.15) is 42.5 Å². The average Bonchev–Trinajstić information content (AvgIpc) is 2.40. The highest BCUT2D eigenvalue weighted by Crippen LogP contribution is 2.24. The molecule has 0 saturated heterocycles. The van der Waals surface area contributed by atoms with Crippen molar-refractivity contribution in [2.24, 2.45) is 5.92 Å². The summed E-state index contributed by atoms with van der Waals surface area (Å²) in [5.41, 5.74) is 0.674. The Labute approximate surface area is 115 Å². The van der Waals surface area contributed by atoms with Crippen LogP contribution in [0.25, 0.3) is 0 Å². The summed E-state index contributed by atoms with van der Waals surface area (Å²) < 4.78 is 0. The van der Waals surface area contributed by atoms with Crippen molar-refractivity contribution < 1.29 is 9.90 Å². The van der Waals surface area contributed by atoms with Crippen LogP contribution in [-0.4, -0.2) is 35.9 Å². The quantitative estimate of drug-likeness (QED) is 0.828. The Morgan fingerprint density at radius 2 is 1.84 bits per heavy atom. The van der Waals surface area contributed by atoms with E-state index in [4.69, 9.17) is 0 Å². The van der Waals surface area contributed by atoms with E-state index >= 15 is 0 Å². The van der Waals surface area contributed by atoms with Gasteiger partial charge < -0.3 is 5.11 Å². The van der Waals surface area contributed by atoms with Crippen LogP contribution in [0.3, 0.4) is 0 Å². The van der Waals surface area contributed by atoms with E-state index in [1.54, 1.807) is 24.3 Å². The van der Waals surface area contributed by atoms with E-state index in [0.29, 0.717) is 12.1 Å². The molecule has 1 aliphatic carbocycles. The molecule has 0 unspecified atom stereocenters. The summed E-state index contributed by atoms with van der Waals surface area (Å²) in [6, 6.07) is 6.50. The number of hydrogen-bond donors (Lipinski definition) is 1. The van der Waals surface area contributed by atoms with Crippen molar-refractivity contribution in [2.45, 2.75) is 32.1 Å². The topological polar surface area (TPSA) is 40.5 Å². The van der Waals surface area contributed by atoms with Gasteiger partial charge in [-0.3, -0.25) is 9.69 Å². The molecular weight excluding hydrogens is 238 g/mol. The number of aromatic hydroxyl groups is 1. The van der Waals surface area contributed by atoms with Gasteiger partial charge in [-0.15, -0.1) is 0 Å². The van der Waals surface area contributed by atoms with E-state index in [9.17, 15) is 9.90 Å². The maximum atomic E-state index is 12.1. The van der Waals surface area contributed by atoms with Crippen LogP contribution in [0.15, 0.2) is 24.3 Å². The van der Waals surface area contributed by atoms with E-state index in [1.165, 1.54) is 32.1 Å². The molecule has 0 atom stereocenters. The van der Waals surface area contributed by atoms with Gasteiger partial charge >= 0.3 is 0 Å². The van der Waals surface area contributed by atoms with Crippen LogP contribution in [0.2, 0.25) is 0 Å². The third-order valence-corrected chi connectivity index (χ3v) is 3.90. The molecule has 1 aromatic rings. The van der Waals surface area contributed by atoms with Crippen molar-refractivity contribution in [1.82, 2.24) is 4.90 Å². The van der Waals surface area contributed by atoms with Crippen molar-refractivity contribution >= 4 is 5.78 Å². The zero-order chi connectivity index (χ0) is 13.7. The molecule has 1 aromatic carbocycles. The van der Waals surface area contributed by atoms with Crippen LogP contribution >= 0.6 is 0 Å². The first kappa shape index (κ1) is 14.1. The van der Waals surface area contributed by atoms with Crippen LogP contribution < -0.4 is 0 Å². The molecule has 0 amide bonds. The lowest BCUT2D eigenvalue weighted by atomic mass is 9.89. The van der Waals surface area contributed by atoms with Crippen LogP contribution in [-0.2, 0) is 0 Å². The Morgan fingerprint density at radius 3 is 2.47 bits per heavy atom. The van der Waals surface area contributed by atoms with E-state index in [2.05, 4.69) is 4.90 Å². The molecule has 2 rings (SSSR count). The highest BCUT2D eigenvalue weighted by atomic mass is 16.3. The first-order valence-electron chi connectivity index (χ1n) is 7.16. The molecule has 19 heavy (non-hydrogen) atoms. The minimum absolute atomic E-state index is 0.123. The van der Waals surface area contributed by atoms with Crippen molar-refractivity contribution in [3.05, 3.63) is 29.8 Å². The van der Waals surface area contributed by atoms with Crippen LogP contribution in [0.5, 0.6) is 5.75 Å². The number of likely N-dealkylation sites (N-methyl/N-ethyl adjacent to an activating group) is 1. The van der Waals surface area contributed by atoms with Gasteiger partial charge in [-0.05, 0) is 50.1 Å². The largest absolute Gasteiger partial charge is 0.508 e. The Hall–Kier alpha value is -1.35. The number of hydrogen-bond acceptors (Lipinski definition) is 3. The normalized spacial score (nSPS) is 16.7. The number of phenolic OH excluding ortho intramolecular Hbond substituents is 1. The molecule has 0 heterocycles. The molecule has 0 spiro atoms. The molecule has 104 valence electrons. The maximum Gasteiger partial charge on any atom is 0.176 e.